The summed E-state index contributed by atoms with van der Waals surface area (Å²) in [4.78, 5) is 9.77. The summed E-state index contributed by atoms with van der Waals surface area (Å²) in [6.45, 7) is 4.87. The van der Waals surface area contributed by atoms with Crippen LogP contribution in [0, 0.1) is 0 Å². The van der Waals surface area contributed by atoms with Gasteiger partial charge in [0.25, 0.3) is 0 Å². The van der Waals surface area contributed by atoms with Gasteiger partial charge in [-0.2, -0.15) is 0 Å². The second-order valence-electron chi connectivity index (χ2n) is 16.4. The van der Waals surface area contributed by atoms with Gasteiger partial charge in [0.05, 0.1) is 0 Å². The zero-order valence-corrected chi connectivity index (χ0v) is 36.3. The molecule has 0 heterocycles. The molecule has 0 aliphatic heterocycles. The summed E-state index contributed by atoms with van der Waals surface area (Å²) in [5, 5.41) is 0. The predicted octanol–water partition coefficient (Wildman–Crippen LogP) is 14.8. The SMILES string of the molecule is c1ccc(CN(Cc2ccccc2)c2ccc(N(c3ccc(N(Cc4ccccc4)Cc4ccccc4)cc3)c3ccc(N(Cc4ccccc4)Cc4ccccc4)cc3)cc2)cc1. The van der Waals surface area contributed by atoms with Gasteiger partial charge in [0.2, 0.25) is 0 Å². The first kappa shape index (κ1) is 41.5. The monoisotopic (exact) mass is 830 g/mol. The number of nitrogens with zero attached hydrogens (tertiary/aromatic N) is 4. The van der Waals surface area contributed by atoms with Crippen LogP contribution in [-0.4, -0.2) is 0 Å². The summed E-state index contributed by atoms with van der Waals surface area (Å²) in [6.07, 6.45) is 0. The summed E-state index contributed by atoms with van der Waals surface area (Å²) in [5.41, 5.74) is 14.5. The van der Waals surface area contributed by atoms with E-state index in [1.807, 2.05) is 0 Å². The smallest absolute Gasteiger partial charge is 0.0463 e. The molecule has 0 radical (unpaired) electrons. The molecule has 0 N–H and O–H groups in total. The maximum Gasteiger partial charge on any atom is 0.0463 e. The van der Waals surface area contributed by atoms with E-state index in [2.05, 4.69) is 274 Å². The van der Waals surface area contributed by atoms with Crippen molar-refractivity contribution in [3.05, 3.63) is 288 Å². The Bertz CT molecular complexity index is 2300. The average Bonchev–Trinajstić information content (AvgIpc) is 3.36. The molecule has 9 aromatic carbocycles. The van der Waals surface area contributed by atoms with E-state index in [0.29, 0.717) is 0 Å². The quantitative estimate of drug-likeness (QED) is 0.0854. The largest absolute Gasteiger partial charge is 0.363 e. The first-order valence-corrected chi connectivity index (χ1v) is 22.3. The zero-order valence-electron chi connectivity index (χ0n) is 36.3. The van der Waals surface area contributed by atoms with Gasteiger partial charge in [0, 0.05) is 73.4 Å². The van der Waals surface area contributed by atoms with E-state index < -0.39 is 0 Å². The van der Waals surface area contributed by atoms with E-state index >= 15 is 0 Å². The van der Waals surface area contributed by atoms with E-state index in [1.165, 1.54) is 50.4 Å². The lowest BCUT2D eigenvalue weighted by atomic mass is 10.1. The molecule has 0 fully saturated rings. The van der Waals surface area contributed by atoms with Crippen molar-refractivity contribution in [2.24, 2.45) is 0 Å². The Morgan fingerprint density at radius 1 is 0.172 bits per heavy atom. The molecule has 0 amide bonds. The van der Waals surface area contributed by atoms with Crippen molar-refractivity contribution in [1.29, 1.82) is 0 Å². The predicted molar refractivity (Wildman–Crippen MR) is 269 cm³/mol. The summed E-state index contributed by atoms with van der Waals surface area (Å²) >= 11 is 0. The summed E-state index contributed by atoms with van der Waals surface area (Å²) in [7, 11) is 0. The van der Waals surface area contributed by atoms with Gasteiger partial charge in [0.1, 0.15) is 0 Å². The molecular formula is C60H54N4. The van der Waals surface area contributed by atoms with E-state index in [9.17, 15) is 0 Å². The molecule has 9 aromatic rings. The molecule has 0 saturated carbocycles. The van der Waals surface area contributed by atoms with Crippen LogP contribution in [-0.2, 0) is 39.3 Å². The Hall–Kier alpha value is -7.82. The molecule has 0 unspecified atom stereocenters. The molecule has 0 aliphatic carbocycles. The van der Waals surface area contributed by atoms with Crippen molar-refractivity contribution < 1.29 is 0 Å². The number of anilines is 6. The van der Waals surface area contributed by atoms with Crippen LogP contribution in [0.3, 0.4) is 0 Å². The van der Waals surface area contributed by atoms with Gasteiger partial charge in [-0.1, -0.05) is 182 Å². The normalized spacial score (nSPS) is 10.9. The third kappa shape index (κ3) is 11.0. The fraction of sp³-hybridized carbons (Fsp3) is 0.100. The minimum Gasteiger partial charge on any atom is -0.363 e. The van der Waals surface area contributed by atoms with Crippen LogP contribution in [0.15, 0.2) is 255 Å². The molecule has 0 aliphatic rings. The summed E-state index contributed by atoms with van der Waals surface area (Å²) < 4.78 is 0. The molecule has 4 nitrogen and oxygen atoms in total. The first-order chi connectivity index (χ1) is 31.7. The lowest BCUT2D eigenvalue weighted by molar-refractivity contribution is 0.799. The maximum atomic E-state index is 2.46. The Kier molecular flexibility index (Phi) is 13.5. The van der Waals surface area contributed by atoms with Crippen LogP contribution >= 0.6 is 0 Å². The number of hydrogen-bond acceptors (Lipinski definition) is 4. The van der Waals surface area contributed by atoms with E-state index in [-0.39, 0.29) is 0 Å². The van der Waals surface area contributed by atoms with Gasteiger partial charge in [-0.25, -0.2) is 0 Å². The minimum absolute atomic E-state index is 0.812. The second-order valence-corrected chi connectivity index (χ2v) is 16.4. The highest BCUT2D eigenvalue weighted by Gasteiger charge is 2.18. The van der Waals surface area contributed by atoms with Crippen LogP contribution in [0.2, 0.25) is 0 Å². The lowest BCUT2D eigenvalue weighted by Crippen LogP contribution is -2.22. The Balaban J connectivity index is 1.06. The van der Waals surface area contributed by atoms with E-state index in [4.69, 9.17) is 0 Å². The fourth-order valence-electron chi connectivity index (χ4n) is 8.42. The molecule has 64 heavy (non-hydrogen) atoms. The van der Waals surface area contributed by atoms with Crippen molar-refractivity contribution in [2.45, 2.75) is 39.3 Å². The van der Waals surface area contributed by atoms with Gasteiger partial charge in [0.15, 0.2) is 0 Å². The van der Waals surface area contributed by atoms with Crippen LogP contribution in [0.5, 0.6) is 0 Å². The van der Waals surface area contributed by atoms with Crippen molar-refractivity contribution in [3.63, 3.8) is 0 Å². The molecule has 0 bridgehead atoms. The number of benzene rings is 9. The van der Waals surface area contributed by atoms with Crippen LogP contribution in [0.25, 0.3) is 0 Å². The average molecular weight is 831 g/mol. The molecule has 4 heteroatoms. The van der Waals surface area contributed by atoms with Crippen molar-refractivity contribution >= 4 is 34.1 Å². The third-order valence-electron chi connectivity index (χ3n) is 11.7. The van der Waals surface area contributed by atoms with Crippen LogP contribution < -0.4 is 19.6 Å². The maximum absolute atomic E-state index is 2.46. The number of hydrogen-bond donors (Lipinski definition) is 0. The Morgan fingerprint density at radius 2 is 0.328 bits per heavy atom. The Morgan fingerprint density at radius 3 is 0.500 bits per heavy atom. The molecule has 0 spiro atoms. The van der Waals surface area contributed by atoms with Gasteiger partial charge in [-0.3, -0.25) is 0 Å². The van der Waals surface area contributed by atoms with Crippen LogP contribution in [0.1, 0.15) is 33.4 Å². The van der Waals surface area contributed by atoms with Crippen molar-refractivity contribution in [1.82, 2.24) is 0 Å². The topological polar surface area (TPSA) is 13.0 Å². The van der Waals surface area contributed by atoms with Crippen LogP contribution in [0.4, 0.5) is 34.1 Å². The van der Waals surface area contributed by atoms with Gasteiger partial charge in [-0.05, 0) is 106 Å². The lowest BCUT2D eigenvalue weighted by Gasteiger charge is -2.30. The summed E-state index contributed by atoms with van der Waals surface area (Å²) in [6, 6.07) is 91.8. The van der Waals surface area contributed by atoms with E-state index in [1.54, 1.807) is 0 Å². The van der Waals surface area contributed by atoms with Crippen molar-refractivity contribution in [3.8, 4) is 0 Å². The highest BCUT2D eigenvalue weighted by atomic mass is 15.2. The first-order valence-electron chi connectivity index (χ1n) is 22.3. The highest BCUT2D eigenvalue weighted by molar-refractivity contribution is 5.79. The molecule has 0 saturated heterocycles. The van der Waals surface area contributed by atoms with Gasteiger partial charge >= 0.3 is 0 Å². The molecule has 0 aromatic heterocycles. The van der Waals surface area contributed by atoms with Gasteiger partial charge < -0.3 is 19.6 Å². The molecule has 314 valence electrons. The molecular weight excluding hydrogens is 777 g/mol. The Labute approximate surface area is 379 Å². The standard InChI is InChI=1S/C60H54N4/c1-7-19-49(20-8-1)43-61(44-50-21-9-2-10-22-50)55-31-37-58(38-32-55)64(59-39-33-56(34-40-59)62(45-51-23-11-3-12-24-51)46-52-25-13-4-14-26-52)60-41-35-57(36-42-60)63(47-53-27-15-5-16-28-53)48-54-29-17-6-18-30-54/h1-42H,43-48H2. The van der Waals surface area contributed by atoms with Gasteiger partial charge in [-0.15, -0.1) is 0 Å². The third-order valence-corrected chi connectivity index (χ3v) is 11.7. The highest BCUT2D eigenvalue weighted by Crippen LogP contribution is 2.38. The summed E-state index contributed by atoms with van der Waals surface area (Å²) in [5.74, 6) is 0. The molecule has 9 rings (SSSR count). The molecule has 0 atom stereocenters. The van der Waals surface area contributed by atoms with Crippen molar-refractivity contribution in [2.75, 3.05) is 19.6 Å². The zero-order chi connectivity index (χ0) is 43.2. The second kappa shape index (κ2) is 20.8. The van der Waals surface area contributed by atoms with E-state index in [0.717, 1.165) is 56.3 Å². The number of rotatable bonds is 18. The minimum atomic E-state index is 0.812. The fourth-order valence-corrected chi connectivity index (χ4v) is 8.42.